The first-order valence-electron chi connectivity index (χ1n) is 6.47. The normalized spacial score (nSPS) is 10.0. The van der Waals surface area contributed by atoms with Crippen LogP contribution in [0.1, 0.15) is 38.3 Å². The van der Waals surface area contributed by atoms with Crippen LogP contribution in [-0.2, 0) is 4.74 Å². The summed E-state index contributed by atoms with van der Waals surface area (Å²) in [5.41, 5.74) is 0.129. The van der Waals surface area contributed by atoms with E-state index in [9.17, 15) is 9.18 Å². The molecule has 0 saturated carbocycles. The molecule has 110 valence electrons. The maximum atomic E-state index is 12.9. The van der Waals surface area contributed by atoms with E-state index >= 15 is 0 Å². The number of carbonyl (C=O) groups is 1. The third-order valence-corrected chi connectivity index (χ3v) is 2.24. The molecule has 5 heteroatoms. The second-order valence-corrected chi connectivity index (χ2v) is 5.28. The molecular formula is C16H17FN2O2. The summed E-state index contributed by atoms with van der Waals surface area (Å²) in [7, 11) is 0. The number of halogens is 1. The highest BCUT2D eigenvalue weighted by atomic mass is 19.1. The zero-order valence-corrected chi connectivity index (χ0v) is 12.3. The maximum absolute atomic E-state index is 12.9. The third kappa shape index (κ3) is 6.44. The number of hydrogen-bond donors (Lipinski definition) is 1. The van der Waals surface area contributed by atoms with E-state index in [4.69, 9.17) is 10.00 Å². The van der Waals surface area contributed by atoms with Crippen LogP contribution in [0.3, 0.4) is 0 Å². The van der Waals surface area contributed by atoms with E-state index in [2.05, 4.69) is 17.2 Å². The zero-order chi connectivity index (χ0) is 15.9. The predicted molar refractivity (Wildman–Crippen MR) is 76.8 cm³/mol. The maximum Gasteiger partial charge on any atom is 0.407 e. The van der Waals surface area contributed by atoms with Gasteiger partial charge < -0.3 is 10.1 Å². The monoisotopic (exact) mass is 288 g/mol. The molecule has 0 heterocycles. The lowest BCUT2D eigenvalue weighted by atomic mass is 10.1. The minimum atomic E-state index is -0.536. The first-order chi connectivity index (χ1) is 9.81. The third-order valence-electron chi connectivity index (χ3n) is 2.24. The summed E-state index contributed by atoms with van der Waals surface area (Å²) in [5, 5.41) is 11.4. The number of hydrogen-bond acceptors (Lipinski definition) is 3. The van der Waals surface area contributed by atoms with Crippen molar-refractivity contribution < 1.29 is 13.9 Å². The Morgan fingerprint density at radius 2 is 2.10 bits per heavy atom. The Balaban J connectivity index is 2.48. The molecule has 0 aliphatic carbocycles. The number of benzene rings is 1. The highest BCUT2D eigenvalue weighted by molar-refractivity contribution is 5.67. The standard InChI is InChI=1S/C16H17FN2O2/c1-16(2,3)21-15(20)19-9-5-4-6-12-7-8-14(17)10-13(12)11-18/h7-8,10H,5,9H2,1-3H3,(H,19,20). The van der Waals surface area contributed by atoms with Gasteiger partial charge in [-0.25, -0.2) is 9.18 Å². The van der Waals surface area contributed by atoms with Gasteiger partial charge in [0, 0.05) is 18.5 Å². The van der Waals surface area contributed by atoms with E-state index in [-0.39, 0.29) is 5.56 Å². The number of nitrogens with zero attached hydrogens (tertiary/aromatic N) is 1. The summed E-state index contributed by atoms with van der Waals surface area (Å²) in [6.07, 6.45) is -0.0922. The molecule has 0 saturated heterocycles. The summed E-state index contributed by atoms with van der Waals surface area (Å²) in [5.74, 6) is 5.13. The Kier molecular flexibility index (Phi) is 5.75. The van der Waals surface area contributed by atoms with Gasteiger partial charge in [-0.05, 0) is 39.0 Å². The number of nitrogens with one attached hydrogen (secondary N) is 1. The molecule has 1 amide bonds. The van der Waals surface area contributed by atoms with E-state index in [1.54, 1.807) is 20.8 Å². The molecular weight excluding hydrogens is 271 g/mol. The van der Waals surface area contributed by atoms with Gasteiger partial charge in [-0.15, -0.1) is 0 Å². The van der Waals surface area contributed by atoms with E-state index in [1.807, 2.05) is 6.07 Å². The average Bonchev–Trinajstić information content (AvgIpc) is 2.37. The molecule has 0 bridgehead atoms. The fourth-order valence-electron chi connectivity index (χ4n) is 1.42. The minimum Gasteiger partial charge on any atom is -0.444 e. The molecule has 1 aromatic carbocycles. The van der Waals surface area contributed by atoms with Crippen molar-refractivity contribution in [2.75, 3.05) is 6.54 Å². The zero-order valence-electron chi connectivity index (χ0n) is 12.3. The Morgan fingerprint density at radius 1 is 1.38 bits per heavy atom. The van der Waals surface area contributed by atoms with Gasteiger partial charge in [0.1, 0.15) is 17.5 Å². The van der Waals surface area contributed by atoms with Gasteiger partial charge in [0.15, 0.2) is 0 Å². The van der Waals surface area contributed by atoms with E-state index in [1.165, 1.54) is 12.1 Å². The quantitative estimate of drug-likeness (QED) is 0.672. The van der Waals surface area contributed by atoms with Crippen LogP contribution < -0.4 is 5.32 Å². The minimum absolute atomic E-state index is 0.197. The predicted octanol–water partition coefficient (Wildman–Crippen LogP) is 2.96. The molecule has 0 spiro atoms. The number of nitriles is 1. The molecule has 0 radical (unpaired) electrons. The Morgan fingerprint density at radius 3 is 2.71 bits per heavy atom. The van der Waals surface area contributed by atoms with Gasteiger partial charge in [-0.1, -0.05) is 11.8 Å². The first-order valence-corrected chi connectivity index (χ1v) is 6.47. The van der Waals surface area contributed by atoms with Crippen molar-refractivity contribution in [3.63, 3.8) is 0 Å². The molecule has 0 atom stereocenters. The van der Waals surface area contributed by atoms with E-state index in [0.717, 1.165) is 6.07 Å². The van der Waals surface area contributed by atoms with Crippen molar-refractivity contribution in [3.05, 3.63) is 35.1 Å². The number of ether oxygens (including phenoxy) is 1. The lowest BCUT2D eigenvalue weighted by molar-refractivity contribution is 0.0529. The van der Waals surface area contributed by atoms with Gasteiger partial charge in [0.25, 0.3) is 0 Å². The summed E-state index contributed by atoms with van der Waals surface area (Å²) in [4.78, 5) is 11.4. The van der Waals surface area contributed by atoms with Crippen LogP contribution >= 0.6 is 0 Å². The van der Waals surface area contributed by atoms with Crippen LogP contribution in [0, 0.1) is 29.0 Å². The van der Waals surface area contributed by atoms with E-state index in [0.29, 0.717) is 18.5 Å². The van der Waals surface area contributed by atoms with Gasteiger partial charge in [-0.2, -0.15) is 5.26 Å². The van der Waals surface area contributed by atoms with Gasteiger partial charge in [0.2, 0.25) is 0 Å². The smallest absolute Gasteiger partial charge is 0.407 e. The summed E-state index contributed by atoms with van der Waals surface area (Å²) >= 11 is 0. The van der Waals surface area contributed by atoms with Gasteiger partial charge in [-0.3, -0.25) is 0 Å². The first kappa shape index (κ1) is 16.5. The van der Waals surface area contributed by atoms with Gasteiger partial charge in [0.05, 0.1) is 5.56 Å². The van der Waals surface area contributed by atoms with Crippen molar-refractivity contribution >= 4 is 6.09 Å². The number of alkyl carbamates (subject to hydrolysis) is 1. The van der Waals surface area contributed by atoms with Crippen molar-refractivity contribution in [1.29, 1.82) is 5.26 Å². The number of carbonyl (C=O) groups excluding carboxylic acids is 1. The van der Waals surface area contributed by atoms with Gasteiger partial charge >= 0.3 is 6.09 Å². The Labute approximate surface area is 123 Å². The second-order valence-electron chi connectivity index (χ2n) is 5.28. The molecule has 0 aliphatic heterocycles. The van der Waals surface area contributed by atoms with Crippen molar-refractivity contribution in [3.8, 4) is 17.9 Å². The van der Waals surface area contributed by atoms with Crippen LogP contribution in [0.5, 0.6) is 0 Å². The molecule has 4 nitrogen and oxygen atoms in total. The highest BCUT2D eigenvalue weighted by Crippen LogP contribution is 2.09. The van der Waals surface area contributed by atoms with E-state index < -0.39 is 17.5 Å². The lowest BCUT2D eigenvalue weighted by Gasteiger charge is -2.19. The van der Waals surface area contributed by atoms with Crippen LogP contribution in [0.15, 0.2) is 18.2 Å². The Bertz CT molecular complexity index is 616. The van der Waals surface area contributed by atoms with Crippen LogP contribution in [0.4, 0.5) is 9.18 Å². The molecule has 21 heavy (non-hydrogen) atoms. The molecule has 1 rings (SSSR count). The molecule has 1 N–H and O–H groups in total. The molecule has 0 fully saturated rings. The summed E-state index contributed by atoms with van der Waals surface area (Å²) in [6, 6.07) is 5.75. The van der Waals surface area contributed by atoms with Crippen molar-refractivity contribution in [2.45, 2.75) is 32.8 Å². The summed E-state index contributed by atoms with van der Waals surface area (Å²) < 4.78 is 18.0. The highest BCUT2D eigenvalue weighted by Gasteiger charge is 2.15. The van der Waals surface area contributed by atoms with Crippen LogP contribution in [0.25, 0.3) is 0 Å². The molecule has 0 unspecified atom stereocenters. The SMILES string of the molecule is CC(C)(C)OC(=O)NCCC#Cc1ccc(F)cc1C#N. The average molecular weight is 288 g/mol. The van der Waals surface area contributed by atoms with Crippen LogP contribution in [-0.4, -0.2) is 18.2 Å². The fraction of sp³-hybridized carbons (Fsp3) is 0.375. The number of rotatable bonds is 2. The topological polar surface area (TPSA) is 62.1 Å². The van der Waals surface area contributed by atoms with Crippen molar-refractivity contribution in [2.24, 2.45) is 0 Å². The molecule has 0 aliphatic rings. The van der Waals surface area contributed by atoms with Crippen molar-refractivity contribution in [1.82, 2.24) is 5.32 Å². The lowest BCUT2D eigenvalue weighted by Crippen LogP contribution is -2.32. The van der Waals surface area contributed by atoms with Crippen LogP contribution in [0.2, 0.25) is 0 Å². The largest absolute Gasteiger partial charge is 0.444 e. The molecule has 0 aromatic heterocycles. The fourth-order valence-corrected chi connectivity index (χ4v) is 1.42. The second kappa shape index (κ2) is 7.31. The summed E-state index contributed by atoms with van der Waals surface area (Å²) in [6.45, 7) is 5.68. The Hall–Kier alpha value is -2.53. The molecule has 1 aromatic rings. The number of amides is 1.